The highest BCUT2D eigenvalue weighted by atomic mass is 19.1. The standard InChI is InChI=1S/C28H35FN6O2/c1-17(2)25-24(18(3)33-37-25)22-10-20(29)4-5-21(22)26-31-11-23(30)27(32-26)35-15-28(16-35)13-34(14-28)12-19-6-8-36-9-7-19/h4-5,10-11,17,19H,6-9,12-16,30H2,1-3H3. The Morgan fingerprint density at radius 2 is 1.89 bits per heavy atom. The number of hydrogen-bond acceptors (Lipinski definition) is 8. The zero-order chi connectivity index (χ0) is 25.7. The number of halogens is 1. The van der Waals surface area contributed by atoms with Gasteiger partial charge in [0.2, 0.25) is 0 Å². The average Bonchev–Trinajstić information content (AvgIpc) is 3.23. The van der Waals surface area contributed by atoms with Crippen molar-refractivity contribution in [3.8, 4) is 22.5 Å². The highest BCUT2D eigenvalue weighted by Gasteiger charge is 2.52. The molecule has 0 aliphatic carbocycles. The number of anilines is 2. The number of aryl methyl sites for hydroxylation is 1. The summed E-state index contributed by atoms with van der Waals surface area (Å²) >= 11 is 0. The Morgan fingerprint density at radius 3 is 2.62 bits per heavy atom. The van der Waals surface area contributed by atoms with E-state index in [1.54, 1.807) is 12.3 Å². The zero-order valence-electron chi connectivity index (χ0n) is 21.8. The predicted molar refractivity (Wildman–Crippen MR) is 141 cm³/mol. The molecule has 37 heavy (non-hydrogen) atoms. The van der Waals surface area contributed by atoms with Crippen LogP contribution in [0.5, 0.6) is 0 Å². The largest absolute Gasteiger partial charge is 0.394 e. The van der Waals surface area contributed by atoms with E-state index in [0.29, 0.717) is 28.2 Å². The molecular weight excluding hydrogens is 471 g/mol. The maximum absolute atomic E-state index is 14.4. The molecule has 3 saturated heterocycles. The Morgan fingerprint density at radius 1 is 1.14 bits per heavy atom. The molecule has 9 heteroatoms. The van der Waals surface area contributed by atoms with E-state index in [0.717, 1.165) is 68.0 Å². The van der Waals surface area contributed by atoms with Gasteiger partial charge in [-0.2, -0.15) is 0 Å². The van der Waals surface area contributed by atoms with Crippen molar-refractivity contribution in [1.29, 1.82) is 0 Å². The van der Waals surface area contributed by atoms with Gasteiger partial charge in [-0.25, -0.2) is 14.4 Å². The minimum atomic E-state index is -0.329. The first-order valence-corrected chi connectivity index (χ1v) is 13.3. The molecule has 2 aromatic heterocycles. The molecule has 0 saturated carbocycles. The summed E-state index contributed by atoms with van der Waals surface area (Å²) in [6.45, 7) is 13.1. The summed E-state index contributed by atoms with van der Waals surface area (Å²) in [5.41, 5.74) is 10.2. The van der Waals surface area contributed by atoms with Gasteiger partial charge in [-0.1, -0.05) is 19.0 Å². The third-order valence-corrected chi connectivity index (χ3v) is 8.03. The van der Waals surface area contributed by atoms with E-state index in [4.69, 9.17) is 20.0 Å². The molecule has 1 spiro atoms. The zero-order valence-corrected chi connectivity index (χ0v) is 21.8. The molecule has 0 bridgehead atoms. The number of benzene rings is 1. The number of nitrogen functional groups attached to an aromatic ring is 1. The van der Waals surface area contributed by atoms with Gasteiger partial charge in [0.05, 0.1) is 17.6 Å². The first kappa shape index (κ1) is 24.3. The quantitative estimate of drug-likeness (QED) is 0.522. The fourth-order valence-corrected chi connectivity index (χ4v) is 6.23. The van der Waals surface area contributed by atoms with Crippen LogP contribution in [-0.4, -0.2) is 66.0 Å². The highest BCUT2D eigenvalue weighted by molar-refractivity contribution is 5.84. The number of hydrogen-bond donors (Lipinski definition) is 1. The Kier molecular flexibility index (Phi) is 6.15. The summed E-state index contributed by atoms with van der Waals surface area (Å²) in [5, 5.41) is 4.16. The van der Waals surface area contributed by atoms with Gasteiger partial charge >= 0.3 is 0 Å². The van der Waals surface area contributed by atoms with Gasteiger partial charge < -0.3 is 24.8 Å². The minimum Gasteiger partial charge on any atom is -0.394 e. The number of ether oxygens (including phenoxy) is 1. The van der Waals surface area contributed by atoms with Crippen LogP contribution in [0.15, 0.2) is 28.9 Å². The lowest BCUT2D eigenvalue weighted by atomic mass is 9.72. The van der Waals surface area contributed by atoms with Crippen LogP contribution < -0.4 is 10.6 Å². The van der Waals surface area contributed by atoms with Gasteiger partial charge in [0.25, 0.3) is 0 Å². The second-order valence-electron chi connectivity index (χ2n) is 11.4. The Labute approximate surface area is 217 Å². The number of rotatable bonds is 6. The van der Waals surface area contributed by atoms with E-state index in [1.807, 2.05) is 20.8 Å². The lowest BCUT2D eigenvalue weighted by Crippen LogP contribution is -2.72. The van der Waals surface area contributed by atoms with Gasteiger partial charge in [-0.3, -0.25) is 0 Å². The second-order valence-corrected chi connectivity index (χ2v) is 11.4. The minimum absolute atomic E-state index is 0.0981. The summed E-state index contributed by atoms with van der Waals surface area (Å²) in [6.07, 6.45) is 4.01. The van der Waals surface area contributed by atoms with Gasteiger partial charge in [-0.15, -0.1) is 0 Å². The van der Waals surface area contributed by atoms with Crippen LogP contribution in [-0.2, 0) is 4.74 Å². The van der Waals surface area contributed by atoms with Crippen LogP contribution in [0.1, 0.15) is 44.1 Å². The molecule has 0 amide bonds. The SMILES string of the molecule is Cc1noc(C(C)C)c1-c1cc(F)ccc1-c1ncc(N)c(N2CC3(CN(CC4CCOCC4)C3)C2)n1. The Hall–Kier alpha value is -3.04. The van der Waals surface area contributed by atoms with Crippen LogP contribution in [0, 0.1) is 24.1 Å². The topological polar surface area (TPSA) is 93.5 Å². The van der Waals surface area contributed by atoms with E-state index < -0.39 is 0 Å². The molecule has 0 radical (unpaired) electrons. The maximum Gasteiger partial charge on any atom is 0.162 e. The van der Waals surface area contributed by atoms with Crippen LogP contribution in [0.2, 0.25) is 0 Å². The van der Waals surface area contributed by atoms with Crippen molar-refractivity contribution in [2.75, 3.05) is 56.6 Å². The lowest BCUT2D eigenvalue weighted by molar-refractivity contribution is -0.0429. The van der Waals surface area contributed by atoms with E-state index in [9.17, 15) is 4.39 Å². The Balaban J connectivity index is 1.22. The highest BCUT2D eigenvalue weighted by Crippen LogP contribution is 2.44. The van der Waals surface area contributed by atoms with Crippen molar-refractivity contribution in [3.05, 3.63) is 41.7 Å². The van der Waals surface area contributed by atoms with E-state index in [2.05, 4.69) is 19.9 Å². The monoisotopic (exact) mass is 506 g/mol. The normalized spacial score (nSPS) is 19.9. The average molecular weight is 507 g/mol. The van der Waals surface area contributed by atoms with Crippen molar-refractivity contribution in [1.82, 2.24) is 20.0 Å². The second kappa shape index (κ2) is 9.36. The van der Waals surface area contributed by atoms with E-state index in [-0.39, 0.29) is 11.7 Å². The van der Waals surface area contributed by atoms with Gasteiger partial charge in [0.15, 0.2) is 11.6 Å². The van der Waals surface area contributed by atoms with E-state index >= 15 is 0 Å². The van der Waals surface area contributed by atoms with Gasteiger partial charge in [-0.05, 0) is 43.9 Å². The molecule has 6 rings (SSSR count). The number of likely N-dealkylation sites (tertiary alicyclic amines) is 1. The molecule has 5 heterocycles. The molecule has 2 N–H and O–H groups in total. The van der Waals surface area contributed by atoms with Gasteiger partial charge in [0.1, 0.15) is 11.6 Å². The van der Waals surface area contributed by atoms with Crippen molar-refractivity contribution < 1.29 is 13.7 Å². The van der Waals surface area contributed by atoms with Crippen LogP contribution in [0.4, 0.5) is 15.9 Å². The first-order valence-electron chi connectivity index (χ1n) is 13.3. The third-order valence-electron chi connectivity index (χ3n) is 8.03. The van der Waals surface area contributed by atoms with Gasteiger partial charge in [0, 0.05) is 74.0 Å². The summed E-state index contributed by atoms with van der Waals surface area (Å²) in [5.74, 6) is 2.52. The molecule has 3 aromatic rings. The summed E-state index contributed by atoms with van der Waals surface area (Å²) < 4.78 is 25.5. The Bertz CT molecular complexity index is 1290. The molecule has 8 nitrogen and oxygen atoms in total. The molecule has 3 fully saturated rings. The van der Waals surface area contributed by atoms with Crippen LogP contribution in [0.3, 0.4) is 0 Å². The summed E-state index contributed by atoms with van der Waals surface area (Å²) in [4.78, 5) is 14.3. The fourth-order valence-electron chi connectivity index (χ4n) is 6.23. The summed E-state index contributed by atoms with van der Waals surface area (Å²) in [7, 11) is 0. The molecule has 196 valence electrons. The molecule has 0 atom stereocenters. The smallest absolute Gasteiger partial charge is 0.162 e. The summed E-state index contributed by atoms with van der Waals surface area (Å²) in [6, 6.07) is 4.69. The fraction of sp³-hybridized carbons (Fsp3) is 0.536. The number of nitrogens with zero attached hydrogens (tertiary/aromatic N) is 5. The first-order chi connectivity index (χ1) is 17.8. The predicted octanol–water partition coefficient (Wildman–Crippen LogP) is 4.50. The number of nitrogens with two attached hydrogens (primary N) is 1. The van der Waals surface area contributed by atoms with Crippen LogP contribution >= 0.6 is 0 Å². The van der Waals surface area contributed by atoms with Crippen molar-refractivity contribution in [2.24, 2.45) is 11.3 Å². The van der Waals surface area contributed by atoms with Crippen molar-refractivity contribution in [2.45, 2.75) is 39.5 Å². The molecular formula is C28H35FN6O2. The van der Waals surface area contributed by atoms with Crippen LogP contribution in [0.25, 0.3) is 22.5 Å². The van der Waals surface area contributed by atoms with Crippen molar-refractivity contribution >= 4 is 11.5 Å². The number of aromatic nitrogens is 3. The van der Waals surface area contributed by atoms with Crippen molar-refractivity contribution in [3.63, 3.8) is 0 Å². The third kappa shape index (κ3) is 4.48. The molecule has 3 aliphatic heterocycles. The lowest BCUT2D eigenvalue weighted by Gasteiger charge is -2.61. The van der Waals surface area contributed by atoms with E-state index in [1.165, 1.54) is 31.5 Å². The molecule has 3 aliphatic rings. The molecule has 1 aromatic carbocycles. The molecule has 0 unspecified atom stereocenters. The maximum atomic E-state index is 14.4.